The lowest BCUT2D eigenvalue weighted by Gasteiger charge is -2.35. The predicted molar refractivity (Wildman–Crippen MR) is 109 cm³/mol. The highest BCUT2D eigenvalue weighted by atomic mass is 15.3. The molecule has 1 aliphatic rings. The van der Waals surface area contributed by atoms with Crippen molar-refractivity contribution in [1.29, 1.82) is 0 Å². The van der Waals surface area contributed by atoms with E-state index in [2.05, 4.69) is 108 Å². The number of hydrogen-bond donors (Lipinski definition) is 0. The van der Waals surface area contributed by atoms with E-state index in [1.54, 1.807) is 0 Å². The number of hydrogen-bond acceptors (Lipinski definition) is 2. The summed E-state index contributed by atoms with van der Waals surface area (Å²) < 4.78 is 0. The number of benzene rings is 3. The molecule has 0 aliphatic carbocycles. The van der Waals surface area contributed by atoms with Crippen molar-refractivity contribution in [3.05, 3.63) is 102 Å². The Morgan fingerprint density at radius 2 is 1.12 bits per heavy atom. The Hall–Kier alpha value is -2.58. The molecule has 0 spiro atoms. The molecule has 3 aromatic rings. The molecule has 2 nitrogen and oxygen atoms in total. The number of rotatable bonds is 5. The Labute approximate surface area is 156 Å². The standard InChI is InChI=1S/C24H26N2/c1-25(22-15-9-4-10-16-22)19-26-23(20-11-5-2-6-12-20)17-18-24(26)21-13-7-3-8-14-21/h2-16,23-24H,17-19H2,1H3/t23-,24-/m1/s1. The molecular weight excluding hydrogens is 316 g/mol. The van der Waals surface area contributed by atoms with Crippen LogP contribution in [0.3, 0.4) is 0 Å². The van der Waals surface area contributed by atoms with E-state index >= 15 is 0 Å². The maximum absolute atomic E-state index is 2.66. The molecule has 0 N–H and O–H groups in total. The lowest BCUT2D eigenvalue weighted by molar-refractivity contribution is 0.197. The van der Waals surface area contributed by atoms with Crippen LogP contribution in [0.5, 0.6) is 0 Å². The molecule has 1 heterocycles. The Morgan fingerprint density at radius 1 is 0.692 bits per heavy atom. The van der Waals surface area contributed by atoms with Gasteiger partial charge in [-0.15, -0.1) is 0 Å². The Balaban J connectivity index is 1.63. The fourth-order valence-electron chi connectivity index (χ4n) is 4.14. The van der Waals surface area contributed by atoms with Crippen molar-refractivity contribution in [2.45, 2.75) is 24.9 Å². The smallest absolute Gasteiger partial charge is 0.0714 e. The van der Waals surface area contributed by atoms with Crippen LogP contribution in [0.25, 0.3) is 0 Å². The van der Waals surface area contributed by atoms with Crippen molar-refractivity contribution >= 4 is 5.69 Å². The summed E-state index contributed by atoms with van der Waals surface area (Å²) in [6.07, 6.45) is 2.40. The van der Waals surface area contributed by atoms with Crippen LogP contribution in [-0.4, -0.2) is 18.6 Å². The first-order valence-electron chi connectivity index (χ1n) is 9.45. The molecule has 1 fully saturated rings. The third-order valence-corrected chi connectivity index (χ3v) is 5.46. The lowest BCUT2D eigenvalue weighted by Crippen LogP contribution is -2.37. The predicted octanol–water partition coefficient (Wildman–Crippen LogP) is 5.66. The molecular formula is C24H26N2. The molecule has 1 saturated heterocycles. The van der Waals surface area contributed by atoms with Crippen molar-refractivity contribution in [3.63, 3.8) is 0 Å². The van der Waals surface area contributed by atoms with Crippen molar-refractivity contribution < 1.29 is 0 Å². The zero-order valence-corrected chi connectivity index (χ0v) is 15.3. The zero-order valence-electron chi connectivity index (χ0n) is 15.3. The van der Waals surface area contributed by atoms with Gasteiger partial charge in [0, 0.05) is 24.8 Å². The van der Waals surface area contributed by atoms with Gasteiger partial charge in [-0.2, -0.15) is 0 Å². The van der Waals surface area contributed by atoms with E-state index in [-0.39, 0.29) is 0 Å². The third kappa shape index (κ3) is 3.51. The van der Waals surface area contributed by atoms with E-state index in [0.29, 0.717) is 12.1 Å². The highest BCUT2D eigenvalue weighted by molar-refractivity contribution is 5.45. The summed E-state index contributed by atoms with van der Waals surface area (Å²) >= 11 is 0. The van der Waals surface area contributed by atoms with Crippen LogP contribution in [0.15, 0.2) is 91.0 Å². The lowest BCUT2D eigenvalue weighted by atomic mass is 10.0. The second-order valence-electron chi connectivity index (χ2n) is 7.12. The van der Waals surface area contributed by atoms with Crippen molar-refractivity contribution in [1.82, 2.24) is 4.90 Å². The van der Waals surface area contributed by atoms with E-state index in [0.717, 1.165) is 6.67 Å². The first-order valence-corrected chi connectivity index (χ1v) is 9.45. The molecule has 0 amide bonds. The highest BCUT2D eigenvalue weighted by Crippen LogP contribution is 2.44. The molecule has 3 aromatic carbocycles. The molecule has 0 aromatic heterocycles. The van der Waals surface area contributed by atoms with E-state index in [1.165, 1.54) is 29.7 Å². The zero-order chi connectivity index (χ0) is 17.8. The van der Waals surface area contributed by atoms with Gasteiger partial charge in [-0.25, -0.2) is 0 Å². The molecule has 0 unspecified atom stereocenters. The molecule has 0 saturated carbocycles. The van der Waals surface area contributed by atoms with E-state index < -0.39 is 0 Å². The minimum absolute atomic E-state index is 0.465. The van der Waals surface area contributed by atoms with Gasteiger partial charge in [0.05, 0.1) is 6.67 Å². The van der Waals surface area contributed by atoms with Crippen LogP contribution in [0.4, 0.5) is 5.69 Å². The van der Waals surface area contributed by atoms with Gasteiger partial charge in [-0.05, 0) is 36.1 Å². The largest absolute Gasteiger partial charge is 0.362 e. The summed E-state index contributed by atoms with van der Waals surface area (Å²) in [7, 11) is 2.19. The van der Waals surface area contributed by atoms with Crippen LogP contribution >= 0.6 is 0 Å². The van der Waals surface area contributed by atoms with Crippen LogP contribution in [0.2, 0.25) is 0 Å². The third-order valence-electron chi connectivity index (χ3n) is 5.46. The highest BCUT2D eigenvalue weighted by Gasteiger charge is 2.35. The molecule has 2 atom stereocenters. The van der Waals surface area contributed by atoms with Crippen LogP contribution in [-0.2, 0) is 0 Å². The summed E-state index contributed by atoms with van der Waals surface area (Å²) in [5, 5.41) is 0. The first-order chi connectivity index (χ1) is 12.8. The average Bonchev–Trinajstić information content (AvgIpc) is 3.13. The fourth-order valence-corrected chi connectivity index (χ4v) is 4.14. The molecule has 132 valence electrons. The normalized spacial score (nSPS) is 20.2. The maximum Gasteiger partial charge on any atom is 0.0714 e. The van der Waals surface area contributed by atoms with E-state index in [1.807, 2.05) is 0 Å². The van der Waals surface area contributed by atoms with Crippen LogP contribution in [0.1, 0.15) is 36.1 Å². The van der Waals surface area contributed by atoms with Gasteiger partial charge in [0.25, 0.3) is 0 Å². The number of nitrogens with zero attached hydrogens (tertiary/aromatic N) is 2. The van der Waals surface area contributed by atoms with Crippen LogP contribution in [0, 0.1) is 0 Å². The molecule has 1 aliphatic heterocycles. The minimum Gasteiger partial charge on any atom is -0.362 e. The summed E-state index contributed by atoms with van der Waals surface area (Å²) in [6.45, 7) is 0.920. The van der Waals surface area contributed by atoms with Gasteiger partial charge >= 0.3 is 0 Å². The van der Waals surface area contributed by atoms with Gasteiger partial charge in [0.1, 0.15) is 0 Å². The summed E-state index contributed by atoms with van der Waals surface area (Å²) in [4.78, 5) is 5.02. The van der Waals surface area contributed by atoms with Gasteiger partial charge in [0.2, 0.25) is 0 Å². The maximum atomic E-state index is 2.66. The van der Waals surface area contributed by atoms with Crippen molar-refractivity contribution in [2.75, 3.05) is 18.6 Å². The number of para-hydroxylation sites is 1. The average molecular weight is 342 g/mol. The van der Waals surface area contributed by atoms with Crippen molar-refractivity contribution in [3.8, 4) is 0 Å². The molecule has 2 heteroatoms. The second kappa shape index (κ2) is 7.76. The van der Waals surface area contributed by atoms with E-state index in [9.17, 15) is 0 Å². The second-order valence-corrected chi connectivity index (χ2v) is 7.12. The minimum atomic E-state index is 0.465. The van der Waals surface area contributed by atoms with Gasteiger partial charge in [-0.3, -0.25) is 4.90 Å². The Morgan fingerprint density at radius 3 is 1.58 bits per heavy atom. The van der Waals surface area contributed by atoms with Gasteiger partial charge in [0.15, 0.2) is 0 Å². The number of likely N-dealkylation sites (tertiary alicyclic amines) is 1. The SMILES string of the molecule is CN(CN1[C@@H](c2ccccc2)CC[C@@H]1c1ccccc1)c1ccccc1. The van der Waals surface area contributed by atoms with Gasteiger partial charge < -0.3 is 4.90 Å². The Kier molecular flexibility index (Phi) is 5.03. The summed E-state index contributed by atoms with van der Waals surface area (Å²) in [6, 6.07) is 33.5. The topological polar surface area (TPSA) is 6.48 Å². The van der Waals surface area contributed by atoms with Gasteiger partial charge in [-0.1, -0.05) is 78.9 Å². The summed E-state index contributed by atoms with van der Waals surface area (Å²) in [5.74, 6) is 0. The molecule has 0 radical (unpaired) electrons. The molecule has 0 bridgehead atoms. The fraction of sp³-hybridized carbons (Fsp3) is 0.250. The number of anilines is 1. The Bertz CT molecular complexity index is 754. The van der Waals surface area contributed by atoms with Crippen LogP contribution < -0.4 is 4.90 Å². The summed E-state index contributed by atoms with van der Waals surface area (Å²) in [5.41, 5.74) is 4.11. The first kappa shape index (κ1) is 16.9. The van der Waals surface area contributed by atoms with Crippen molar-refractivity contribution in [2.24, 2.45) is 0 Å². The monoisotopic (exact) mass is 342 g/mol. The molecule has 4 rings (SSSR count). The quantitative estimate of drug-likeness (QED) is 0.590. The molecule has 26 heavy (non-hydrogen) atoms. The van der Waals surface area contributed by atoms with E-state index in [4.69, 9.17) is 0 Å².